The van der Waals surface area contributed by atoms with E-state index in [9.17, 15) is 14.4 Å². The standard InChI is InChI=1S/C16H20N2O5/c1-15(2,3)23-14(22)18-16(8-9-17-13(16)21)11-6-4-10(5-7-11)12(19)20/h4-7H,8-9H2,1-3H3,(H,17,21)(H,18,22)(H,19,20). The Kier molecular flexibility index (Phi) is 4.31. The molecule has 3 N–H and O–H groups in total. The number of carbonyl (C=O) groups excluding carboxylic acids is 2. The van der Waals surface area contributed by atoms with Crippen LogP contribution < -0.4 is 10.6 Å². The van der Waals surface area contributed by atoms with Crippen molar-refractivity contribution in [1.82, 2.24) is 10.6 Å². The number of aromatic carboxylic acids is 1. The van der Waals surface area contributed by atoms with E-state index < -0.39 is 23.2 Å². The molecule has 1 aromatic rings. The van der Waals surface area contributed by atoms with Gasteiger partial charge in [-0.2, -0.15) is 0 Å². The first kappa shape index (κ1) is 16.8. The average molecular weight is 320 g/mol. The van der Waals surface area contributed by atoms with E-state index in [0.717, 1.165) is 0 Å². The maximum Gasteiger partial charge on any atom is 0.408 e. The topological polar surface area (TPSA) is 105 Å². The van der Waals surface area contributed by atoms with Crippen LogP contribution in [0.3, 0.4) is 0 Å². The Balaban J connectivity index is 2.31. The summed E-state index contributed by atoms with van der Waals surface area (Å²) in [6.07, 6.45) is -0.339. The van der Waals surface area contributed by atoms with Gasteiger partial charge in [-0.25, -0.2) is 9.59 Å². The van der Waals surface area contributed by atoms with Gasteiger partial charge in [0.05, 0.1) is 5.56 Å². The zero-order valence-electron chi connectivity index (χ0n) is 13.3. The predicted molar refractivity (Wildman–Crippen MR) is 82.1 cm³/mol. The van der Waals surface area contributed by atoms with Crippen molar-refractivity contribution in [2.24, 2.45) is 0 Å². The molecule has 7 nitrogen and oxygen atoms in total. The molecule has 1 atom stereocenters. The van der Waals surface area contributed by atoms with Crippen LogP contribution >= 0.6 is 0 Å². The van der Waals surface area contributed by atoms with Crippen molar-refractivity contribution in [2.45, 2.75) is 38.3 Å². The molecule has 1 aliphatic rings. The van der Waals surface area contributed by atoms with Crippen LogP contribution in [0.1, 0.15) is 43.1 Å². The highest BCUT2D eigenvalue weighted by Gasteiger charge is 2.46. The van der Waals surface area contributed by atoms with E-state index in [1.807, 2.05) is 0 Å². The first-order valence-electron chi connectivity index (χ1n) is 7.27. The summed E-state index contributed by atoms with van der Waals surface area (Å²) in [7, 11) is 0. The van der Waals surface area contributed by atoms with Crippen LogP contribution in [0.4, 0.5) is 4.79 Å². The normalized spacial score (nSPS) is 20.7. The summed E-state index contributed by atoms with van der Waals surface area (Å²) in [5, 5.41) is 14.3. The lowest BCUT2D eigenvalue weighted by Crippen LogP contribution is -2.52. The molecule has 1 aromatic carbocycles. The molecule has 23 heavy (non-hydrogen) atoms. The number of nitrogens with one attached hydrogen (secondary N) is 2. The first-order valence-corrected chi connectivity index (χ1v) is 7.27. The molecule has 1 aliphatic heterocycles. The summed E-state index contributed by atoms with van der Waals surface area (Å²) in [5.74, 6) is -1.40. The molecule has 0 aromatic heterocycles. The molecular weight excluding hydrogens is 300 g/mol. The molecule has 1 heterocycles. The highest BCUT2D eigenvalue weighted by molar-refractivity contribution is 5.93. The van der Waals surface area contributed by atoms with Crippen molar-refractivity contribution in [3.05, 3.63) is 35.4 Å². The van der Waals surface area contributed by atoms with Gasteiger partial charge in [0.15, 0.2) is 0 Å². The number of carboxylic acids is 1. The van der Waals surface area contributed by atoms with Gasteiger partial charge in [-0.15, -0.1) is 0 Å². The zero-order chi connectivity index (χ0) is 17.3. The maximum absolute atomic E-state index is 12.3. The molecule has 0 saturated carbocycles. The number of benzene rings is 1. The van der Waals surface area contributed by atoms with E-state index >= 15 is 0 Å². The third-order valence-corrected chi connectivity index (χ3v) is 3.51. The quantitative estimate of drug-likeness (QED) is 0.785. The fraction of sp³-hybridized carbons (Fsp3) is 0.438. The van der Waals surface area contributed by atoms with Gasteiger partial charge < -0.3 is 20.5 Å². The third-order valence-electron chi connectivity index (χ3n) is 3.51. The molecule has 0 bridgehead atoms. The van der Waals surface area contributed by atoms with Crippen LogP contribution in [-0.2, 0) is 15.1 Å². The van der Waals surface area contributed by atoms with Crippen molar-refractivity contribution in [2.75, 3.05) is 6.54 Å². The summed E-state index contributed by atoms with van der Waals surface area (Å²) >= 11 is 0. The second-order valence-corrected chi connectivity index (χ2v) is 6.42. The Labute approximate surface area is 134 Å². The summed E-state index contributed by atoms with van der Waals surface area (Å²) in [5.41, 5.74) is -1.31. The van der Waals surface area contributed by atoms with Gasteiger partial charge in [-0.1, -0.05) is 12.1 Å². The third kappa shape index (κ3) is 3.61. The lowest BCUT2D eigenvalue weighted by molar-refractivity contribution is -0.125. The molecule has 0 spiro atoms. The van der Waals surface area contributed by atoms with E-state index in [2.05, 4.69) is 10.6 Å². The molecule has 7 heteroatoms. The van der Waals surface area contributed by atoms with Gasteiger partial charge in [-0.3, -0.25) is 4.79 Å². The number of ether oxygens (including phenoxy) is 1. The molecule has 1 unspecified atom stereocenters. The van der Waals surface area contributed by atoms with E-state index in [0.29, 0.717) is 18.5 Å². The van der Waals surface area contributed by atoms with Crippen molar-refractivity contribution >= 4 is 18.0 Å². The number of amides is 2. The minimum atomic E-state index is -1.25. The van der Waals surface area contributed by atoms with E-state index in [1.54, 1.807) is 20.8 Å². The minimum Gasteiger partial charge on any atom is -0.478 e. The molecule has 0 radical (unpaired) electrons. The SMILES string of the molecule is CC(C)(C)OC(=O)NC1(c2ccc(C(=O)O)cc2)CCNC1=O. The Morgan fingerprint density at radius 2 is 1.87 bits per heavy atom. The molecule has 1 saturated heterocycles. The summed E-state index contributed by atoms with van der Waals surface area (Å²) in [6.45, 7) is 5.61. The molecule has 124 valence electrons. The second kappa shape index (κ2) is 5.91. The predicted octanol–water partition coefficient (Wildman–Crippen LogP) is 1.62. The lowest BCUT2D eigenvalue weighted by Gasteiger charge is -2.30. The Morgan fingerprint density at radius 1 is 1.26 bits per heavy atom. The van der Waals surface area contributed by atoms with Crippen LogP contribution in [0, 0.1) is 0 Å². The number of hydrogen-bond acceptors (Lipinski definition) is 4. The van der Waals surface area contributed by atoms with Crippen LogP contribution in [0.15, 0.2) is 24.3 Å². The Morgan fingerprint density at radius 3 is 2.30 bits per heavy atom. The number of hydrogen-bond donors (Lipinski definition) is 3. The van der Waals surface area contributed by atoms with Crippen molar-refractivity contribution in [3.63, 3.8) is 0 Å². The molecule has 2 amide bonds. The van der Waals surface area contributed by atoms with Gasteiger partial charge in [-0.05, 0) is 38.5 Å². The Hall–Kier alpha value is -2.57. The fourth-order valence-electron chi connectivity index (χ4n) is 2.47. The zero-order valence-corrected chi connectivity index (χ0v) is 13.3. The molecular formula is C16H20N2O5. The summed E-state index contributed by atoms with van der Waals surface area (Å²) < 4.78 is 5.23. The van der Waals surface area contributed by atoms with Crippen molar-refractivity contribution in [1.29, 1.82) is 0 Å². The van der Waals surface area contributed by atoms with Gasteiger partial charge in [0.1, 0.15) is 11.1 Å². The van der Waals surface area contributed by atoms with Gasteiger partial charge in [0, 0.05) is 13.0 Å². The van der Waals surface area contributed by atoms with Gasteiger partial charge in [0.2, 0.25) is 0 Å². The molecule has 2 rings (SSSR count). The van der Waals surface area contributed by atoms with Gasteiger partial charge >= 0.3 is 12.1 Å². The first-order chi connectivity index (χ1) is 10.6. The smallest absolute Gasteiger partial charge is 0.408 e. The summed E-state index contributed by atoms with van der Waals surface area (Å²) in [6, 6.07) is 5.88. The highest BCUT2D eigenvalue weighted by atomic mass is 16.6. The van der Waals surface area contributed by atoms with E-state index in [1.165, 1.54) is 24.3 Å². The van der Waals surface area contributed by atoms with Crippen LogP contribution in [0.2, 0.25) is 0 Å². The number of rotatable bonds is 3. The number of carboxylic acid groups (broad SMARTS) is 1. The summed E-state index contributed by atoms with van der Waals surface area (Å²) in [4.78, 5) is 35.4. The second-order valence-electron chi connectivity index (χ2n) is 6.42. The monoisotopic (exact) mass is 320 g/mol. The Bertz CT molecular complexity index is 633. The minimum absolute atomic E-state index is 0.111. The highest BCUT2D eigenvalue weighted by Crippen LogP contribution is 2.30. The largest absolute Gasteiger partial charge is 0.478 e. The van der Waals surface area contributed by atoms with E-state index in [4.69, 9.17) is 9.84 Å². The number of alkyl carbamates (subject to hydrolysis) is 1. The van der Waals surface area contributed by atoms with Crippen LogP contribution in [0.5, 0.6) is 0 Å². The average Bonchev–Trinajstić information content (AvgIpc) is 2.79. The van der Waals surface area contributed by atoms with E-state index in [-0.39, 0.29) is 11.5 Å². The van der Waals surface area contributed by atoms with Crippen LogP contribution in [-0.4, -0.2) is 35.2 Å². The lowest BCUT2D eigenvalue weighted by atomic mass is 9.88. The number of carbonyl (C=O) groups is 3. The molecule has 0 aliphatic carbocycles. The van der Waals surface area contributed by atoms with Gasteiger partial charge in [0.25, 0.3) is 5.91 Å². The maximum atomic E-state index is 12.3. The van der Waals surface area contributed by atoms with Crippen LogP contribution in [0.25, 0.3) is 0 Å². The van der Waals surface area contributed by atoms with Crippen molar-refractivity contribution < 1.29 is 24.2 Å². The molecule has 1 fully saturated rings. The fourth-order valence-corrected chi connectivity index (χ4v) is 2.47. The van der Waals surface area contributed by atoms with Crippen molar-refractivity contribution in [3.8, 4) is 0 Å².